The molecule has 0 fully saturated rings. The van der Waals surface area contributed by atoms with Gasteiger partial charge in [0.1, 0.15) is 0 Å². The van der Waals surface area contributed by atoms with Gasteiger partial charge in [0.05, 0.1) is 7.11 Å². The third-order valence-corrected chi connectivity index (χ3v) is 1.97. The van der Waals surface area contributed by atoms with E-state index >= 15 is 0 Å². The maximum atomic E-state index is 10.3. The molecule has 1 aromatic rings. The van der Waals surface area contributed by atoms with Gasteiger partial charge in [-0.05, 0) is 18.2 Å². The summed E-state index contributed by atoms with van der Waals surface area (Å²) >= 11 is 3.27. The van der Waals surface area contributed by atoms with Crippen molar-refractivity contribution in [2.45, 2.75) is 0 Å². The zero-order chi connectivity index (χ0) is 10.6. The number of carboxylic acid groups (broad SMARTS) is 1. The second kappa shape index (κ2) is 4.85. The van der Waals surface area contributed by atoms with Crippen LogP contribution in [-0.4, -0.2) is 24.8 Å². The Kier molecular flexibility index (Phi) is 3.76. The Balaban J connectivity index is 2.80. The van der Waals surface area contributed by atoms with Crippen molar-refractivity contribution in [3.05, 3.63) is 22.7 Å². The highest BCUT2D eigenvalue weighted by atomic mass is 79.9. The molecule has 1 N–H and O–H groups in total. The molecule has 0 radical (unpaired) electrons. The molecule has 76 valence electrons. The van der Waals surface area contributed by atoms with E-state index in [2.05, 4.69) is 15.9 Å². The average Bonchev–Trinajstić information content (AvgIpc) is 2.15. The Labute approximate surface area is 89.6 Å². The quantitative estimate of drug-likeness (QED) is 0.899. The van der Waals surface area contributed by atoms with E-state index in [0.29, 0.717) is 11.5 Å². The molecular formula is C9H9BrO4. The van der Waals surface area contributed by atoms with Gasteiger partial charge in [-0.15, -0.1) is 0 Å². The van der Waals surface area contributed by atoms with Crippen molar-refractivity contribution in [2.24, 2.45) is 0 Å². The number of ether oxygens (including phenoxy) is 2. The van der Waals surface area contributed by atoms with E-state index in [1.165, 1.54) is 7.11 Å². The minimum Gasteiger partial charge on any atom is -0.493 e. The number of hydrogen-bond donors (Lipinski definition) is 1. The van der Waals surface area contributed by atoms with Gasteiger partial charge in [0.15, 0.2) is 18.1 Å². The van der Waals surface area contributed by atoms with Crippen LogP contribution in [0.25, 0.3) is 0 Å². The zero-order valence-corrected chi connectivity index (χ0v) is 9.08. The van der Waals surface area contributed by atoms with E-state index in [9.17, 15) is 4.79 Å². The Morgan fingerprint density at radius 1 is 1.50 bits per heavy atom. The van der Waals surface area contributed by atoms with E-state index in [-0.39, 0.29) is 6.61 Å². The van der Waals surface area contributed by atoms with Crippen LogP contribution in [-0.2, 0) is 4.79 Å². The molecule has 0 amide bonds. The first-order chi connectivity index (χ1) is 6.63. The molecule has 0 unspecified atom stereocenters. The molecule has 0 aliphatic heterocycles. The Morgan fingerprint density at radius 3 is 2.79 bits per heavy atom. The van der Waals surface area contributed by atoms with Gasteiger partial charge in [0, 0.05) is 4.47 Å². The summed E-state index contributed by atoms with van der Waals surface area (Å²) < 4.78 is 10.9. The van der Waals surface area contributed by atoms with E-state index in [4.69, 9.17) is 14.6 Å². The molecule has 0 bridgehead atoms. The van der Waals surface area contributed by atoms with Gasteiger partial charge < -0.3 is 14.6 Å². The van der Waals surface area contributed by atoms with Crippen LogP contribution in [0.4, 0.5) is 0 Å². The topological polar surface area (TPSA) is 55.8 Å². The van der Waals surface area contributed by atoms with Crippen LogP contribution in [0.15, 0.2) is 22.7 Å². The molecule has 0 aromatic heterocycles. The lowest BCUT2D eigenvalue weighted by Gasteiger charge is -2.08. The van der Waals surface area contributed by atoms with Gasteiger partial charge >= 0.3 is 5.97 Å². The van der Waals surface area contributed by atoms with Gasteiger partial charge in [-0.25, -0.2) is 4.79 Å². The summed E-state index contributed by atoms with van der Waals surface area (Å²) in [5, 5.41) is 8.42. The number of hydrogen-bond acceptors (Lipinski definition) is 3. The van der Waals surface area contributed by atoms with E-state index in [1.807, 2.05) is 0 Å². The van der Waals surface area contributed by atoms with Crippen LogP contribution in [0.1, 0.15) is 0 Å². The summed E-state index contributed by atoms with van der Waals surface area (Å²) in [5.74, 6) is -0.103. The third kappa shape index (κ3) is 2.92. The minimum absolute atomic E-state index is 0.377. The highest BCUT2D eigenvalue weighted by Crippen LogP contribution is 2.29. The molecule has 1 rings (SSSR count). The Morgan fingerprint density at radius 2 is 2.21 bits per heavy atom. The lowest BCUT2D eigenvalue weighted by atomic mass is 10.3. The molecule has 4 nitrogen and oxygen atoms in total. The monoisotopic (exact) mass is 260 g/mol. The molecule has 0 heterocycles. The van der Waals surface area contributed by atoms with Gasteiger partial charge in [0.2, 0.25) is 0 Å². The van der Waals surface area contributed by atoms with Crippen LogP contribution in [0.2, 0.25) is 0 Å². The zero-order valence-electron chi connectivity index (χ0n) is 7.49. The lowest BCUT2D eigenvalue weighted by molar-refractivity contribution is -0.139. The fourth-order valence-electron chi connectivity index (χ4n) is 0.900. The van der Waals surface area contributed by atoms with E-state index < -0.39 is 5.97 Å². The van der Waals surface area contributed by atoms with Crippen LogP contribution in [0.3, 0.4) is 0 Å². The fraction of sp³-hybridized carbons (Fsp3) is 0.222. The van der Waals surface area contributed by atoms with Crippen molar-refractivity contribution in [3.63, 3.8) is 0 Å². The van der Waals surface area contributed by atoms with Crippen LogP contribution in [0.5, 0.6) is 11.5 Å². The number of carboxylic acids is 1. The molecule has 0 aliphatic carbocycles. The van der Waals surface area contributed by atoms with Gasteiger partial charge in [0.25, 0.3) is 0 Å². The highest BCUT2D eigenvalue weighted by Gasteiger charge is 2.06. The first-order valence-corrected chi connectivity index (χ1v) is 4.61. The van der Waals surface area contributed by atoms with Gasteiger partial charge in [-0.2, -0.15) is 0 Å². The second-order valence-corrected chi connectivity index (χ2v) is 3.39. The summed E-state index contributed by atoms with van der Waals surface area (Å²) in [4.78, 5) is 10.3. The molecule has 14 heavy (non-hydrogen) atoms. The molecule has 0 saturated heterocycles. The average molecular weight is 261 g/mol. The Bertz CT molecular complexity index is 338. The Hall–Kier alpha value is -1.23. The summed E-state index contributed by atoms with van der Waals surface area (Å²) in [5.41, 5.74) is 0. The van der Waals surface area contributed by atoms with Crippen molar-refractivity contribution >= 4 is 21.9 Å². The predicted octanol–water partition coefficient (Wildman–Crippen LogP) is 1.92. The van der Waals surface area contributed by atoms with E-state index in [1.54, 1.807) is 18.2 Å². The highest BCUT2D eigenvalue weighted by molar-refractivity contribution is 9.10. The van der Waals surface area contributed by atoms with Crippen molar-refractivity contribution < 1.29 is 19.4 Å². The first kappa shape index (κ1) is 10.8. The summed E-state index contributed by atoms with van der Waals surface area (Å²) in [6.07, 6.45) is 0. The standard InChI is InChI=1S/C9H9BrO4/c1-13-8-4-6(10)2-3-7(8)14-5-9(11)12/h2-4H,5H2,1H3,(H,11,12). The van der Waals surface area contributed by atoms with Crippen molar-refractivity contribution in [1.82, 2.24) is 0 Å². The number of methoxy groups -OCH3 is 1. The predicted molar refractivity (Wildman–Crippen MR) is 53.8 cm³/mol. The molecule has 0 spiro atoms. The summed E-state index contributed by atoms with van der Waals surface area (Å²) in [6.45, 7) is -0.377. The number of halogens is 1. The van der Waals surface area contributed by atoms with Crippen molar-refractivity contribution in [1.29, 1.82) is 0 Å². The first-order valence-electron chi connectivity index (χ1n) is 3.81. The number of rotatable bonds is 4. The van der Waals surface area contributed by atoms with Gasteiger partial charge in [-0.3, -0.25) is 0 Å². The molecule has 0 aliphatic rings. The number of carbonyl (C=O) groups is 1. The fourth-order valence-corrected chi connectivity index (χ4v) is 1.24. The molecular weight excluding hydrogens is 252 g/mol. The van der Waals surface area contributed by atoms with E-state index in [0.717, 1.165) is 4.47 Å². The van der Waals surface area contributed by atoms with Gasteiger partial charge in [-0.1, -0.05) is 15.9 Å². The van der Waals surface area contributed by atoms with Crippen molar-refractivity contribution in [3.8, 4) is 11.5 Å². The number of aliphatic carboxylic acids is 1. The summed E-state index contributed by atoms with van der Waals surface area (Å²) in [6, 6.07) is 5.10. The smallest absolute Gasteiger partial charge is 0.341 e. The largest absolute Gasteiger partial charge is 0.493 e. The maximum Gasteiger partial charge on any atom is 0.341 e. The minimum atomic E-state index is -1.02. The van der Waals surface area contributed by atoms with Crippen molar-refractivity contribution in [2.75, 3.05) is 13.7 Å². The van der Waals surface area contributed by atoms with Crippen LogP contribution in [0, 0.1) is 0 Å². The third-order valence-electron chi connectivity index (χ3n) is 1.48. The van der Waals surface area contributed by atoms with Crippen LogP contribution < -0.4 is 9.47 Å². The SMILES string of the molecule is COc1cc(Br)ccc1OCC(=O)O. The summed E-state index contributed by atoms with van der Waals surface area (Å²) in [7, 11) is 1.50. The maximum absolute atomic E-state index is 10.3. The molecule has 1 aromatic carbocycles. The molecule has 5 heteroatoms. The normalized spacial score (nSPS) is 9.57. The second-order valence-electron chi connectivity index (χ2n) is 2.48. The lowest BCUT2D eigenvalue weighted by Crippen LogP contribution is -2.09. The molecule has 0 saturated carbocycles. The van der Waals surface area contributed by atoms with Crippen LogP contribution >= 0.6 is 15.9 Å². The molecule has 0 atom stereocenters. The number of benzene rings is 1.